The number of hydrogen-bond acceptors (Lipinski definition) is 6. The molecule has 28 heavy (non-hydrogen) atoms. The van der Waals surface area contributed by atoms with E-state index in [2.05, 4.69) is 30.7 Å². The quantitative estimate of drug-likeness (QED) is 0.693. The van der Waals surface area contributed by atoms with Crippen molar-refractivity contribution in [3.63, 3.8) is 0 Å². The third kappa shape index (κ3) is 4.63. The predicted octanol–water partition coefficient (Wildman–Crippen LogP) is 2.56. The lowest BCUT2D eigenvalue weighted by Gasteiger charge is -2.30. The molecule has 0 atom stereocenters. The minimum Gasteiger partial charge on any atom is -0.352 e. The maximum atomic E-state index is 12.6. The van der Waals surface area contributed by atoms with Gasteiger partial charge in [-0.25, -0.2) is 14.6 Å². The zero-order chi connectivity index (χ0) is 19.3. The molecular formula is C20H24N6OS. The maximum absolute atomic E-state index is 12.6. The molecule has 1 aliphatic heterocycles. The lowest BCUT2D eigenvalue weighted by Crippen LogP contribution is -2.40. The summed E-state index contributed by atoms with van der Waals surface area (Å²) in [6.45, 7) is 5.30. The number of nitrogens with zero attached hydrogens (tertiary/aromatic N) is 5. The molecule has 0 radical (unpaired) electrons. The minimum atomic E-state index is 0.0841. The van der Waals surface area contributed by atoms with E-state index in [-0.39, 0.29) is 11.8 Å². The summed E-state index contributed by atoms with van der Waals surface area (Å²) in [7, 11) is 0. The van der Waals surface area contributed by atoms with Crippen LogP contribution in [0.3, 0.4) is 0 Å². The van der Waals surface area contributed by atoms with Gasteiger partial charge in [-0.15, -0.1) is 11.3 Å². The van der Waals surface area contributed by atoms with Crippen molar-refractivity contribution < 1.29 is 4.79 Å². The molecule has 1 amide bonds. The number of thiazole rings is 1. The molecule has 0 spiro atoms. The molecule has 8 heteroatoms. The average molecular weight is 397 g/mol. The van der Waals surface area contributed by atoms with Gasteiger partial charge in [-0.3, -0.25) is 9.69 Å². The van der Waals surface area contributed by atoms with Crippen LogP contribution < -0.4 is 5.32 Å². The number of aryl methyl sites for hydroxylation is 1. The Kier molecular flexibility index (Phi) is 5.78. The summed E-state index contributed by atoms with van der Waals surface area (Å²) in [5.41, 5.74) is 2.15. The normalized spacial score (nSPS) is 15.6. The molecule has 0 bridgehead atoms. The lowest BCUT2D eigenvalue weighted by atomic mass is 9.95. The molecule has 3 aromatic rings. The van der Waals surface area contributed by atoms with E-state index in [1.807, 2.05) is 31.3 Å². The third-order valence-corrected chi connectivity index (χ3v) is 5.85. The van der Waals surface area contributed by atoms with E-state index in [0.29, 0.717) is 6.54 Å². The number of piperidine rings is 1. The highest BCUT2D eigenvalue weighted by molar-refractivity contribution is 7.09. The Labute approximate surface area is 168 Å². The Bertz CT molecular complexity index is 914. The maximum Gasteiger partial charge on any atom is 0.223 e. The van der Waals surface area contributed by atoms with E-state index >= 15 is 0 Å². The highest BCUT2D eigenvalue weighted by Gasteiger charge is 2.25. The van der Waals surface area contributed by atoms with Gasteiger partial charge in [0.05, 0.1) is 10.7 Å². The number of carbonyl (C=O) groups excluding carboxylic acids is 1. The van der Waals surface area contributed by atoms with Gasteiger partial charge in [0, 0.05) is 43.0 Å². The Morgan fingerprint density at radius 3 is 2.89 bits per heavy atom. The number of likely N-dealkylation sites (tertiary alicyclic amines) is 1. The number of carbonyl (C=O) groups is 1. The van der Waals surface area contributed by atoms with Crippen LogP contribution in [-0.2, 0) is 17.9 Å². The smallest absolute Gasteiger partial charge is 0.223 e. The fourth-order valence-electron chi connectivity index (χ4n) is 3.50. The van der Waals surface area contributed by atoms with Crippen LogP contribution in [0.15, 0.2) is 42.2 Å². The molecule has 0 saturated carbocycles. The van der Waals surface area contributed by atoms with Gasteiger partial charge in [0.1, 0.15) is 0 Å². The first kappa shape index (κ1) is 18.8. The van der Waals surface area contributed by atoms with Crippen LogP contribution in [0.5, 0.6) is 0 Å². The highest BCUT2D eigenvalue weighted by atomic mass is 32.1. The zero-order valence-corrected chi connectivity index (χ0v) is 16.7. The summed E-state index contributed by atoms with van der Waals surface area (Å²) >= 11 is 1.69. The highest BCUT2D eigenvalue weighted by Crippen LogP contribution is 2.20. The van der Waals surface area contributed by atoms with Crippen molar-refractivity contribution in [2.45, 2.75) is 32.9 Å². The molecule has 1 saturated heterocycles. The van der Waals surface area contributed by atoms with E-state index in [1.54, 1.807) is 28.4 Å². The Hall–Kier alpha value is -2.58. The van der Waals surface area contributed by atoms with E-state index in [4.69, 9.17) is 0 Å². The summed E-state index contributed by atoms with van der Waals surface area (Å²) < 4.78 is 1.71. The van der Waals surface area contributed by atoms with E-state index in [1.165, 1.54) is 0 Å². The number of rotatable bonds is 6. The van der Waals surface area contributed by atoms with Gasteiger partial charge in [-0.2, -0.15) is 5.10 Å². The summed E-state index contributed by atoms with van der Waals surface area (Å²) in [5, 5.41) is 10.5. The number of pyridine rings is 1. The molecular weight excluding hydrogens is 372 g/mol. The second-order valence-corrected chi connectivity index (χ2v) is 8.16. The summed E-state index contributed by atoms with van der Waals surface area (Å²) in [4.78, 5) is 23.8. The van der Waals surface area contributed by atoms with Crippen LogP contribution in [0.4, 0.5) is 0 Å². The van der Waals surface area contributed by atoms with Crippen molar-refractivity contribution in [3.8, 4) is 5.82 Å². The van der Waals surface area contributed by atoms with Crippen molar-refractivity contribution in [2.24, 2.45) is 5.92 Å². The van der Waals surface area contributed by atoms with Crippen LogP contribution in [0, 0.1) is 12.8 Å². The largest absolute Gasteiger partial charge is 0.352 e. The monoisotopic (exact) mass is 396 g/mol. The van der Waals surface area contributed by atoms with Crippen LogP contribution in [0.25, 0.3) is 5.82 Å². The Morgan fingerprint density at radius 1 is 1.32 bits per heavy atom. The summed E-state index contributed by atoms with van der Waals surface area (Å²) in [5.74, 6) is 0.977. The summed E-state index contributed by atoms with van der Waals surface area (Å²) in [6, 6.07) is 5.73. The first-order valence-electron chi connectivity index (χ1n) is 9.53. The fourth-order valence-corrected chi connectivity index (χ4v) is 4.10. The second kappa shape index (κ2) is 8.62. The molecule has 4 heterocycles. The van der Waals surface area contributed by atoms with Crippen molar-refractivity contribution >= 4 is 17.2 Å². The van der Waals surface area contributed by atoms with Gasteiger partial charge < -0.3 is 5.32 Å². The second-order valence-electron chi connectivity index (χ2n) is 7.10. The van der Waals surface area contributed by atoms with Gasteiger partial charge in [-0.1, -0.05) is 0 Å². The first-order chi connectivity index (χ1) is 13.7. The molecule has 0 unspecified atom stereocenters. The molecule has 0 aromatic carbocycles. The molecule has 4 rings (SSSR count). The first-order valence-corrected chi connectivity index (χ1v) is 10.4. The topological polar surface area (TPSA) is 75.9 Å². The standard InChI is InChI=1S/C20H24N6OS/c1-15-24-18(14-28-15)13-25-9-4-17(5-10-25)20(27)22-12-16-3-7-21-19(11-16)26-8-2-6-23-26/h2-3,6-8,11,14,17H,4-5,9-10,12-13H2,1H3,(H,22,27). The molecule has 3 aromatic heterocycles. The van der Waals surface area contributed by atoms with Crippen molar-refractivity contribution in [1.29, 1.82) is 0 Å². The molecule has 1 aliphatic rings. The van der Waals surface area contributed by atoms with Crippen LogP contribution in [0.2, 0.25) is 0 Å². The van der Waals surface area contributed by atoms with Gasteiger partial charge in [0.25, 0.3) is 0 Å². The van der Waals surface area contributed by atoms with Crippen LogP contribution in [-0.4, -0.2) is 43.6 Å². The SMILES string of the molecule is Cc1nc(CN2CCC(C(=O)NCc3ccnc(-n4cccn4)c3)CC2)cs1. The average Bonchev–Trinajstić information content (AvgIpc) is 3.39. The molecule has 146 valence electrons. The molecule has 7 nitrogen and oxygen atoms in total. The number of hydrogen-bond donors (Lipinski definition) is 1. The summed E-state index contributed by atoms with van der Waals surface area (Å²) in [6.07, 6.45) is 7.11. The number of aromatic nitrogens is 4. The van der Waals surface area contributed by atoms with Crippen molar-refractivity contribution in [1.82, 2.24) is 30.0 Å². The van der Waals surface area contributed by atoms with E-state index in [0.717, 1.165) is 54.6 Å². The van der Waals surface area contributed by atoms with Crippen LogP contribution in [0.1, 0.15) is 29.1 Å². The van der Waals surface area contributed by atoms with E-state index in [9.17, 15) is 4.79 Å². The van der Waals surface area contributed by atoms with Crippen molar-refractivity contribution in [3.05, 3.63) is 58.4 Å². The predicted molar refractivity (Wildman–Crippen MR) is 108 cm³/mol. The van der Waals surface area contributed by atoms with Crippen LogP contribution >= 0.6 is 11.3 Å². The third-order valence-electron chi connectivity index (χ3n) is 5.03. The van der Waals surface area contributed by atoms with Gasteiger partial charge in [0.15, 0.2) is 5.82 Å². The van der Waals surface area contributed by atoms with Gasteiger partial charge >= 0.3 is 0 Å². The number of nitrogens with one attached hydrogen (secondary N) is 1. The van der Waals surface area contributed by atoms with Crippen molar-refractivity contribution in [2.75, 3.05) is 13.1 Å². The van der Waals surface area contributed by atoms with E-state index < -0.39 is 0 Å². The van der Waals surface area contributed by atoms with Gasteiger partial charge in [-0.05, 0) is 56.6 Å². The zero-order valence-electron chi connectivity index (χ0n) is 15.9. The van der Waals surface area contributed by atoms with Gasteiger partial charge in [0.2, 0.25) is 5.91 Å². The Balaban J connectivity index is 1.25. The molecule has 0 aliphatic carbocycles. The minimum absolute atomic E-state index is 0.0841. The molecule has 1 fully saturated rings. The Morgan fingerprint density at radius 2 is 2.18 bits per heavy atom. The lowest BCUT2D eigenvalue weighted by molar-refractivity contribution is -0.126. The fraction of sp³-hybridized carbons (Fsp3) is 0.400. The molecule has 1 N–H and O–H groups in total. The number of amides is 1.